The Labute approximate surface area is 124 Å². The van der Waals surface area contributed by atoms with E-state index in [1.54, 1.807) is 12.1 Å². The lowest BCUT2D eigenvalue weighted by Gasteiger charge is -2.39. The van der Waals surface area contributed by atoms with Crippen molar-refractivity contribution in [2.24, 2.45) is 0 Å². The van der Waals surface area contributed by atoms with Gasteiger partial charge in [-0.2, -0.15) is 0 Å². The van der Waals surface area contributed by atoms with E-state index >= 15 is 0 Å². The van der Waals surface area contributed by atoms with Crippen LogP contribution in [0.1, 0.15) is 12.0 Å². The molecule has 5 heteroatoms. The summed E-state index contributed by atoms with van der Waals surface area (Å²) in [6.45, 7) is 5.33. The van der Waals surface area contributed by atoms with Gasteiger partial charge in [-0.1, -0.05) is 18.2 Å². The molecule has 0 aromatic heterocycles. The first-order valence-electron chi connectivity index (χ1n) is 7.58. The Balaban J connectivity index is 1.30. The minimum absolute atomic E-state index is 0.192. The Morgan fingerprint density at radius 3 is 2.86 bits per heavy atom. The summed E-state index contributed by atoms with van der Waals surface area (Å²) in [7, 11) is 0. The minimum Gasteiger partial charge on any atom is -0.376 e. The number of likely N-dealkylation sites (tertiary alicyclic amines) is 1. The maximum atomic E-state index is 13.4. The molecule has 2 saturated heterocycles. The van der Waals surface area contributed by atoms with Gasteiger partial charge in [0.25, 0.3) is 0 Å². The van der Waals surface area contributed by atoms with Gasteiger partial charge in [-0.25, -0.2) is 4.39 Å². The molecule has 2 heterocycles. The molecule has 3 rings (SSSR count). The van der Waals surface area contributed by atoms with E-state index < -0.39 is 0 Å². The predicted molar refractivity (Wildman–Crippen MR) is 76.6 cm³/mol. The molecule has 116 valence electrons. The van der Waals surface area contributed by atoms with Gasteiger partial charge in [0, 0.05) is 25.2 Å². The average Bonchev–Trinajstić information content (AvgIpc) is 2.48. The Kier molecular flexibility index (Phi) is 5.19. The molecule has 0 N–H and O–H groups in total. The molecule has 1 aromatic carbocycles. The maximum Gasteiger partial charge on any atom is 0.128 e. The summed E-state index contributed by atoms with van der Waals surface area (Å²) in [5, 5.41) is 0. The molecular weight excluding hydrogens is 273 g/mol. The van der Waals surface area contributed by atoms with Crippen molar-refractivity contribution in [3.05, 3.63) is 35.6 Å². The third-order valence-corrected chi connectivity index (χ3v) is 4.01. The third kappa shape index (κ3) is 4.23. The first-order chi connectivity index (χ1) is 10.3. The molecule has 1 atom stereocenters. The van der Waals surface area contributed by atoms with E-state index in [0.717, 1.165) is 26.1 Å². The quantitative estimate of drug-likeness (QED) is 0.801. The number of ether oxygens (including phenoxy) is 3. The monoisotopic (exact) mass is 295 g/mol. The summed E-state index contributed by atoms with van der Waals surface area (Å²) >= 11 is 0. The van der Waals surface area contributed by atoms with E-state index in [9.17, 15) is 4.39 Å². The lowest BCUT2D eigenvalue weighted by atomic mass is 10.1. The molecule has 21 heavy (non-hydrogen) atoms. The second kappa shape index (κ2) is 7.31. The first kappa shape index (κ1) is 14.9. The van der Waals surface area contributed by atoms with Crippen LogP contribution in [0.2, 0.25) is 0 Å². The number of nitrogens with zero attached hydrogens (tertiary/aromatic N) is 1. The number of rotatable bonds is 6. The second-order valence-electron chi connectivity index (χ2n) is 5.64. The van der Waals surface area contributed by atoms with E-state index in [1.165, 1.54) is 6.07 Å². The Hall–Kier alpha value is -1.01. The Morgan fingerprint density at radius 1 is 1.24 bits per heavy atom. The SMILES string of the molecule is Fc1ccccc1COC1CN(CCC2COCCO2)C1. The van der Waals surface area contributed by atoms with Gasteiger partial charge in [0.15, 0.2) is 0 Å². The van der Waals surface area contributed by atoms with Crippen LogP contribution in [0, 0.1) is 5.82 Å². The van der Waals surface area contributed by atoms with Crippen molar-refractivity contribution in [2.45, 2.75) is 25.2 Å². The van der Waals surface area contributed by atoms with Crippen molar-refractivity contribution in [3.63, 3.8) is 0 Å². The average molecular weight is 295 g/mol. The van der Waals surface area contributed by atoms with Crippen molar-refractivity contribution < 1.29 is 18.6 Å². The molecule has 0 saturated carbocycles. The van der Waals surface area contributed by atoms with Crippen LogP contribution in [-0.4, -0.2) is 56.6 Å². The molecule has 0 aliphatic carbocycles. The Morgan fingerprint density at radius 2 is 2.10 bits per heavy atom. The number of hydrogen-bond donors (Lipinski definition) is 0. The molecule has 0 bridgehead atoms. The van der Waals surface area contributed by atoms with Crippen molar-refractivity contribution in [2.75, 3.05) is 39.5 Å². The summed E-state index contributed by atoms with van der Waals surface area (Å²) in [5.41, 5.74) is 0.628. The minimum atomic E-state index is -0.192. The normalized spacial score (nSPS) is 24.0. The lowest BCUT2D eigenvalue weighted by Crippen LogP contribution is -2.52. The van der Waals surface area contributed by atoms with Crippen LogP contribution >= 0.6 is 0 Å². The number of hydrogen-bond acceptors (Lipinski definition) is 4. The van der Waals surface area contributed by atoms with Gasteiger partial charge in [0.1, 0.15) is 5.82 Å². The highest BCUT2D eigenvalue weighted by molar-refractivity contribution is 5.16. The standard InChI is InChI=1S/C16H22FNO3/c17-16-4-2-1-3-13(16)11-21-15-9-18(10-15)6-5-14-12-19-7-8-20-14/h1-4,14-15H,5-12H2. The van der Waals surface area contributed by atoms with Gasteiger partial charge in [0.2, 0.25) is 0 Å². The zero-order valence-corrected chi connectivity index (χ0v) is 12.2. The molecule has 0 spiro atoms. The van der Waals surface area contributed by atoms with Gasteiger partial charge in [-0.3, -0.25) is 4.90 Å². The van der Waals surface area contributed by atoms with E-state index in [4.69, 9.17) is 14.2 Å². The molecule has 1 aromatic rings. The molecule has 0 radical (unpaired) electrons. The van der Waals surface area contributed by atoms with E-state index in [1.807, 2.05) is 6.07 Å². The van der Waals surface area contributed by atoms with Gasteiger partial charge in [0.05, 0.1) is 38.6 Å². The molecule has 2 aliphatic rings. The second-order valence-corrected chi connectivity index (χ2v) is 5.64. The fraction of sp³-hybridized carbons (Fsp3) is 0.625. The van der Waals surface area contributed by atoms with Crippen LogP contribution in [-0.2, 0) is 20.8 Å². The zero-order valence-electron chi connectivity index (χ0n) is 12.2. The maximum absolute atomic E-state index is 13.4. The zero-order chi connectivity index (χ0) is 14.5. The highest BCUT2D eigenvalue weighted by atomic mass is 19.1. The molecule has 2 aliphatic heterocycles. The first-order valence-corrected chi connectivity index (χ1v) is 7.58. The molecule has 2 fully saturated rings. The van der Waals surface area contributed by atoms with Crippen LogP contribution in [0.3, 0.4) is 0 Å². The topological polar surface area (TPSA) is 30.9 Å². The lowest BCUT2D eigenvalue weighted by molar-refractivity contribution is -0.103. The Bertz CT molecular complexity index is 445. The van der Waals surface area contributed by atoms with Gasteiger partial charge in [-0.05, 0) is 12.5 Å². The summed E-state index contributed by atoms with van der Waals surface area (Å²) < 4.78 is 30.2. The largest absolute Gasteiger partial charge is 0.376 e. The highest BCUT2D eigenvalue weighted by Gasteiger charge is 2.28. The van der Waals surface area contributed by atoms with Crippen LogP contribution < -0.4 is 0 Å². The van der Waals surface area contributed by atoms with Crippen LogP contribution in [0.25, 0.3) is 0 Å². The predicted octanol–water partition coefficient (Wildman–Crippen LogP) is 1.83. The van der Waals surface area contributed by atoms with Gasteiger partial charge in [-0.15, -0.1) is 0 Å². The molecule has 1 unspecified atom stereocenters. The molecular formula is C16H22FNO3. The van der Waals surface area contributed by atoms with Crippen molar-refractivity contribution in [3.8, 4) is 0 Å². The van der Waals surface area contributed by atoms with E-state index in [2.05, 4.69) is 4.90 Å². The van der Waals surface area contributed by atoms with Crippen LogP contribution in [0.5, 0.6) is 0 Å². The van der Waals surface area contributed by atoms with Crippen LogP contribution in [0.4, 0.5) is 4.39 Å². The van der Waals surface area contributed by atoms with E-state index in [-0.39, 0.29) is 18.0 Å². The molecule has 0 amide bonds. The summed E-state index contributed by atoms with van der Waals surface area (Å²) in [4.78, 5) is 2.34. The fourth-order valence-electron chi connectivity index (χ4n) is 2.66. The number of halogens is 1. The van der Waals surface area contributed by atoms with Gasteiger partial charge < -0.3 is 14.2 Å². The third-order valence-electron chi connectivity index (χ3n) is 4.01. The van der Waals surface area contributed by atoms with Gasteiger partial charge >= 0.3 is 0 Å². The van der Waals surface area contributed by atoms with Crippen molar-refractivity contribution >= 4 is 0 Å². The molecule has 4 nitrogen and oxygen atoms in total. The summed E-state index contributed by atoms with van der Waals surface area (Å²) in [5.74, 6) is -0.192. The van der Waals surface area contributed by atoms with Crippen molar-refractivity contribution in [1.82, 2.24) is 4.90 Å². The number of benzene rings is 1. The van der Waals surface area contributed by atoms with E-state index in [0.29, 0.717) is 32.0 Å². The summed E-state index contributed by atoms with van der Waals surface area (Å²) in [6.07, 6.45) is 1.45. The van der Waals surface area contributed by atoms with Crippen molar-refractivity contribution in [1.29, 1.82) is 0 Å². The fourth-order valence-corrected chi connectivity index (χ4v) is 2.66. The summed E-state index contributed by atoms with van der Waals surface area (Å²) in [6, 6.07) is 6.77. The smallest absolute Gasteiger partial charge is 0.128 e. The highest BCUT2D eigenvalue weighted by Crippen LogP contribution is 2.17. The van der Waals surface area contributed by atoms with Crippen LogP contribution in [0.15, 0.2) is 24.3 Å².